The normalized spacial score (nSPS) is 10.3. The SMILES string of the molecule is Cc1cccc(C)c1NC(=S)NC(=O)CCCC(=O)OCCCc1ccccc1. The summed E-state index contributed by atoms with van der Waals surface area (Å²) in [6.07, 6.45) is 2.52. The Hall–Kier alpha value is -2.73. The average molecular weight is 413 g/mol. The van der Waals surface area contributed by atoms with Gasteiger partial charge in [0.2, 0.25) is 5.91 Å². The Labute approximate surface area is 177 Å². The summed E-state index contributed by atoms with van der Waals surface area (Å²) in [7, 11) is 0. The lowest BCUT2D eigenvalue weighted by Crippen LogP contribution is -2.34. The van der Waals surface area contributed by atoms with Crippen molar-refractivity contribution in [3.63, 3.8) is 0 Å². The van der Waals surface area contributed by atoms with Crippen LogP contribution in [0, 0.1) is 13.8 Å². The molecule has 2 N–H and O–H groups in total. The number of thiocarbonyl (C=S) groups is 1. The van der Waals surface area contributed by atoms with Crippen LogP contribution in [0.25, 0.3) is 0 Å². The van der Waals surface area contributed by atoms with Crippen LogP contribution in [0.15, 0.2) is 48.5 Å². The molecule has 0 radical (unpaired) electrons. The van der Waals surface area contributed by atoms with E-state index < -0.39 is 0 Å². The van der Waals surface area contributed by atoms with E-state index in [1.54, 1.807) is 0 Å². The van der Waals surface area contributed by atoms with Crippen LogP contribution < -0.4 is 10.6 Å². The van der Waals surface area contributed by atoms with E-state index in [0.29, 0.717) is 13.0 Å². The number of anilines is 1. The van der Waals surface area contributed by atoms with Crippen molar-refractivity contribution >= 4 is 34.9 Å². The Bertz CT molecular complexity index is 817. The van der Waals surface area contributed by atoms with Crippen LogP contribution in [-0.4, -0.2) is 23.6 Å². The predicted octanol–water partition coefficient (Wildman–Crippen LogP) is 4.46. The zero-order valence-electron chi connectivity index (χ0n) is 17.0. The van der Waals surface area contributed by atoms with Gasteiger partial charge in [-0.05, 0) is 62.0 Å². The van der Waals surface area contributed by atoms with Gasteiger partial charge >= 0.3 is 5.97 Å². The molecule has 6 heteroatoms. The van der Waals surface area contributed by atoms with E-state index >= 15 is 0 Å². The molecule has 0 saturated heterocycles. The maximum atomic E-state index is 12.0. The first-order valence-corrected chi connectivity index (χ1v) is 10.2. The lowest BCUT2D eigenvalue weighted by Gasteiger charge is -2.14. The molecule has 0 bridgehead atoms. The molecule has 2 rings (SSSR count). The van der Waals surface area contributed by atoms with Crippen LogP contribution in [0.1, 0.15) is 42.4 Å². The van der Waals surface area contributed by atoms with Crippen molar-refractivity contribution in [2.45, 2.75) is 46.0 Å². The van der Waals surface area contributed by atoms with Gasteiger partial charge in [0.05, 0.1) is 6.61 Å². The zero-order valence-corrected chi connectivity index (χ0v) is 17.8. The minimum absolute atomic E-state index is 0.216. The van der Waals surface area contributed by atoms with Crippen LogP contribution in [0.2, 0.25) is 0 Å². The number of ether oxygens (including phenoxy) is 1. The lowest BCUT2D eigenvalue weighted by atomic mass is 10.1. The number of carbonyl (C=O) groups excluding carboxylic acids is 2. The Morgan fingerprint density at radius 1 is 0.931 bits per heavy atom. The zero-order chi connectivity index (χ0) is 21.1. The Kier molecular flexibility index (Phi) is 9.31. The van der Waals surface area contributed by atoms with Gasteiger partial charge in [-0.15, -0.1) is 0 Å². The van der Waals surface area contributed by atoms with Crippen LogP contribution in [0.3, 0.4) is 0 Å². The highest BCUT2D eigenvalue weighted by Gasteiger charge is 2.10. The van der Waals surface area contributed by atoms with Gasteiger partial charge in [-0.3, -0.25) is 9.59 Å². The highest BCUT2D eigenvalue weighted by molar-refractivity contribution is 7.80. The van der Waals surface area contributed by atoms with Gasteiger partial charge in [0.15, 0.2) is 5.11 Å². The number of rotatable bonds is 9. The molecule has 0 fully saturated rings. The number of aryl methyl sites for hydroxylation is 3. The molecular formula is C23H28N2O3S. The summed E-state index contributed by atoms with van der Waals surface area (Å²) >= 11 is 5.21. The van der Waals surface area contributed by atoms with E-state index in [-0.39, 0.29) is 29.8 Å². The molecule has 1 amide bonds. The molecule has 0 aliphatic carbocycles. The molecule has 0 spiro atoms. The fraction of sp³-hybridized carbons (Fsp3) is 0.348. The molecule has 0 heterocycles. The summed E-state index contributed by atoms with van der Waals surface area (Å²) in [5.41, 5.74) is 4.23. The van der Waals surface area contributed by atoms with Crippen molar-refractivity contribution in [3.05, 3.63) is 65.2 Å². The van der Waals surface area contributed by atoms with Crippen molar-refractivity contribution in [2.24, 2.45) is 0 Å². The van der Waals surface area contributed by atoms with Gasteiger partial charge in [-0.25, -0.2) is 0 Å². The highest BCUT2D eigenvalue weighted by atomic mass is 32.1. The van der Waals surface area contributed by atoms with Gasteiger partial charge in [0.1, 0.15) is 0 Å². The Morgan fingerprint density at radius 3 is 2.31 bits per heavy atom. The number of amides is 1. The molecule has 2 aromatic carbocycles. The van der Waals surface area contributed by atoms with E-state index in [1.165, 1.54) is 5.56 Å². The molecule has 154 valence electrons. The van der Waals surface area contributed by atoms with Gasteiger partial charge in [-0.2, -0.15) is 0 Å². The second-order valence-electron chi connectivity index (χ2n) is 6.93. The topological polar surface area (TPSA) is 67.4 Å². The molecule has 5 nitrogen and oxygen atoms in total. The van der Waals surface area contributed by atoms with Crippen molar-refractivity contribution in [1.29, 1.82) is 0 Å². The summed E-state index contributed by atoms with van der Waals surface area (Å²) in [6.45, 7) is 4.35. The quantitative estimate of drug-likeness (QED) is 0.362. The second-order valence-corrected chi connectivity index (χ2v) is 7.34. The highest BCUT2D eigenvalue weighted by Crippen LogP contribution is 2.19. The summed E-state index contributed by atoms with van der Waals surface area (Å²) in [4.78, 5) is 23.8. The third kappa shape index (κ3) is 8.44. The molecule has 0 aromatic heterocycles. The summed E-state index contributed by atoms with van der Waals surface area (Å²) in [5, 5.41) is 5.98. The molecule has 0 saturated carbocycles. The number of para-hydroxylation sites is 1. The number of carbonyl (C=O) groups is 2. The third-order valence-electron chi connectivity index (χ3n) is 4.47. The molecule has 2 aromatic rings. The van der Waals surface area contributed by atoms with E-state index in [2.05, 4.69) is 22.8 Å². The first-order valence-electron chi connectivity index (χ1n) is 9.82. The lowest BCUT2D eigenvalue weighted by molar-refractivity contribution is -0.143. The molecule has 0 aliphatic rings. The summed E-state index contributed by atoms with van der Waals surface area (Å²) in [6, 6.07) is 16.0. The monoisotopic (exact) mass is 412 g/mol. The van der Waals surface area contributed by atoms with Crippen LogP contribution in [0.4, 0.5) is 5.69 Å². The molecule has 29 heavy (non-hydrogen) atoms. The molecule has 0 unspecified atom stereocenters. The van der Waals surface area contributed by atoms with Gasteiger partial charge < -0.3 is 15.4 Å². The predicted molar refractivity (Wildman–Crippen MR) is 120 cm³/mol. The third-order valence-corrected chi connectivity index (χ3v) is 4.68. The van der Waals surface area contributed by atoms with E-state index in [9.17, 15) is 9.59 Å². The van der Waals surface area contributed by atoms with E-state index in [4.69, 9.17) is 17.0 Å². The maximum absolute atomic E-state index is 12.0. The van der Waals surface area contributed by atoms with Gasteiger partial charge in [0.25, 0.3) is 0 Å². The maximum Gasteiger partial charge on any atom is 0.305 e. The van der Waals surface area contributed by atoms with Gasteiger partial charge in [0, 0.05) is 18.5 Å². The molecule has 0 atom stereocenters. The van der Waals surface area contributed by atoms with E-state index in [0.717, 1.165) is 29.7 Å². The van der Waals surface area contributed by atoms with Gasteiger partial charge in [-0.1, -0.05) is 48.5 Å². The minimum Gasteiger partial charge on any atom is -0.466 e. The molecule has 0 aliphatic heterocycles. The van der Waals surface area contributed by atoms with Crippen molar-refractivity contribution in [2.75, 3.05) is 11.9 Å². The number of benzene rings is 2. The summed E-state index contributed by atoms with van der Waals surface area (Å²) in [5.74, 6) is -0.493. The van der Waals surface area contributed by atoms with Crippen LogP contribution in [0.5, 0.6) is 0 Å². The first kappa shape index (κ1) is 22.6. The van der Waals surface area contributed by atoms with E-state index in [1.807, 2.05) is 50.2 Å². The Balaban J connectivity index is 1.58. The first-order chi connectivity index (χ1) is 14.0. The smallest absolute Gasteiger partial charge is 0.305 e. The minimum atomic E-state index is -0.276. The number of hydrogen-bond acceptors (Lipinski definition) is 4. The second kappa shape index (κ2) is 12.0. The average Bonchev–Trinajstić information content (AvgIpc) is 2.69. The number of nitrogens with one attached hydrogen (secondary N) is 2. The van der Waals surface area contributed by atoms with Crippen LogP contribution in [-0.2, 0) is 20.7 Å². The van der Waals surface area contributed by atoms with Crippen molar-refractivity contribution < 1.29 is 14.3 Å². The number of esters is 1. The van der Waals surface area contributed by atoms with Crippen molar-refractivity contribution in [1.82, 2.24) is 5.32 Å². The number of hydrogen-bond donors (Lipinski definition) is 2. The van der Waals surface area contributed by atoms with Crippen molar-refractivity contribution in [3.8, 4) is 0 Å². The molecular weight excluding hydrogens is 384 g/mol. The Morgan fingerprint density at radius 2 is 1.62 bits per heavy atom. The van der Waals surface area contributed by atoms with Crippen LogP contribution >= 0.6 is 12.2 Å². The largest absolute Gasteiger partial charge is 0.466 e. The standard InChI is InChI=1S/C23H28N2O3S/c1-17-9-6-10-18(2)22(17)25-23(29)24-20(26)14-7-15-21(27)28-16-8-13-19-11-4-3-5-12-19/h3-6,9-12H,7-8,13-16H2,1-2H3,(H2,24,25,26,29). The fourth-order valence-corrected chi connectivity index (χ4v) is 3.13. The fourth-order valence-electron chi connectivity index (χ4n) is 2.92. The summed E-state index contributed by atoms with van der Waals surface area (Å²) < 4.78 is 5.22.